The van der Waals surface area contributed by atoms with Gasteiger partial charge in [-0.1, -0.05) is 20.3 Å². The van der Waals surface area contributed by atoms with Crippen molar-refractivity contribution in [3.8, 4) is 0 Å². The summed E-state index contributed by atoms with van der Waals surface area (Å²) in [4.78, 5) is 0. The summed E-state index contributed by atoms with van der Waals surface area (Å²) in [5.41, 5.74) is 11.4. The summed E-state index contributed by atoms with van der Waals surface area (Å²) in [7, 11) is 0. The molecule has 0 saturated heterocycles. The zero-order chi connectivity index (χ0) is 7.28. The Morgan fingerprint density at radius 1 is 1.00 bits per heavy atom. The first-order valence-corrected chi connectivity index (χ1v) is 3.73. The van der Waals surface area contributed by atoms with Gasteiger partial charge in [-0.3, -0.25) is 0 Å². The Morgan fingerprint density at radius 2 is 1.45 bits per heavy atom. The third kappa shape index (κ3) is 8.41. The third-order valence-electron chi connectivity index (χ3n) is 1.64. The van der Waals surface area contributed by atoms with Gasteiger partial charge in [-0.25, -0.2) is 0 Å². The maximum atomic E-state index is 5.71. The van der Waals surface area contributed by atoms with Crippen LogP contribution in [0.1, 0.15) is 33.1 Å². The van der Waals surface area contributed by atoms with E-state index in [1.54, 1.807) is 0 Å². The van der Waals surface area contributed by atoms with E-state index >= 15 is 0 Å². The van der Waals surface area contributed by atoms with Crippen LogP contribution in [0.25, 0.3) is 0 Å². The van der Waals surface area contributed by atoms with Gasteiger partial charge in [-0.15, -0.1) is 24.8 Å². The van der Waals surface area contributed by atoms with Crippen LogP contribution in [-0.4, -0.2) is 12.1 Å². The molecular formula is C7H20Cl2N2. The number of halogens is 2. The lowest BCUT2D eigenvalue weighted by Gasteiger charge is -2.16. The maximum Gasteiger partial charge on any atom is 0.0192 e. The van der Waals surface area contributed by atoms with E-state index in [4.69, 9.17) is 11.5 Å². The first-order chi connectivity index (χ1) is 4.22. The lowest BCUT2D eigenvalue weighted by Crippen LogP contribution is -2.40. The molecule has 0 bridgehead atoms. The van der Waals surface area contributed by atoms with E-state index < -0.39 is 0 Å². The minimum Gasteiger partial charge on any atom is -0.326 e. The van der Waals surface area contributed by atoms with Gasteiger partial charge in [-0.05, 0) is 12.8 Å². The molecule has 0 aromatic heterocycles. The molecule has 11 heavy (non-hydrogen) atoms. The van der Waals surface area contributed by atoms with Gasteiger partial charge in [0.25, 0.3) is 0 Å². The zero-order valence-electron chi connectivity index (χ0n) is 7.25. The second kappa shape index (κ2) is 10.5. The SMILES string of the molecule is CCCC(N)C(N)CC.Cl.Cl. The molecule has 0 aliphatic rings. The Bertz CT molecular complexity index is 71.5. The molecule has 0 aliphatic heterocycles. The van der Waals surface area contributed by atoms with Crippen LogP contribution >= 0.6 is 24.8 Å². The van der Waals surface area contributed by atoms with Crippen LogP contribution in [-0.2, 0) is 0 Å². The van der Waals surface area contributed by atoms with Crippen molar-refractivity contribution in [3.05, 3.63) is 0 Å². The second-order valence-electron chi connectivity index (χ2n) is 2.52. The van der Waals surface area contributed by atoms with Crippen molar-refractivity contribution >= 4 is 24.8 Å². The Hall–Kier alpha value is 0.500. The smallest absolute Gasteiger partial charge is 0.0192 e. The van der Waals surface area contributed by atoms with Crippen molar-refractivity contribution in [2.45, 2.75) is 45.2 Å². The molecular weight excluding hydrogens is 183 g/mol. The summed E-state index contributed by atoms with van der Waals surface area (Å²) < 4.78 is 0. The summed E-state index contributed by atoms with van der Waals surface area (Å²) in [6.45, 7) is 4.20. The minimum absolute atomic E-state index is 0. The molecule has 2 atom stereocenters. The van der Waals surface area contributed by atoms with Crippen LogP contribution in [0.2, 0.25) is 0 Å². The fraction of sp³-hybridized carbons (Fsp3) is 1.00. The molecule has 0 aromatic rings. The molecule has 2 unspecified atom stereocenters. The first-order valence-electron chi connectivity index (χ1n) is 3.73. The number of hydrogen-bond acceptors (Lipinski definition) is 2. The Kier molecular flexibility index (Phi) is 16.8. The van der Waals surface area contributed by atoms with Crippen LogP contribution in [0.5, 0.6) is 0 Å². The second-order valence-corrected chi connectivity index (χ2v) is 2.52. The number of nitrogens with two attached hydrogens (primary N) is 2. The molecule has 0 saturated carbocycles. The molecule has 0 rings (SSSR count). The molecule has 4 heteroatoms. The average Bonchev–Trinajstić information content (AvgIpc) is 1.87. The lowest BCUT2D eigenvalue weighted by molar-refractivity contribution is 0.479. The van der Waals surface area contributed by atoms with Gasteiger partial charge < -0.3 is 11.5 Å². The maximum absolute atomic E-state index is 5.71. The highest BCUT2D eigenvalue weighted by atomic mass is 35.5. The van der Waals surface area contributed by atoms with Crippen LogP contribution in [0.15, 0.2) is 0 Å². The molecule has 0 fully saturated rings. The summed E-state index contributed by atoms with van der Waals surface area (Å²) in [5, 5.41) is 0. The van der Waals surface area contributed by atoms with E-state index in [9.17, 15) is 0 Å². The molecule has 0 radical (unpaired) electrons. The number of hydrogen-bond donors (Lipinski definition) is 2. The van der Waals surface area contributed by atoms with E-state index in [-0.39, 0.29) is 36.9 Å². The van der Waals surface area contributed by atoms with E-state index in [2.05, 4.69) is 13.8 Å². The standard InChI is InChI=1S/C7H18N2.2ClH/c1-3-5-7(9)6(8)4-2;;/h6-7H,3-5,8-9H2,1-2H3;2*1H. The quantitative estimate of drug-likeness (QED) is 0.730. The monoisotopic (exact) mass is 202 g/mol. The average molecular weight is 203 g/mol. The minimum atomic E-state index is 0. The van der Waals surface area contributed by atoms with Gasteiger partial charge in [0.15, 0.2) is 0 Å². The molecule has 72 valence electrons. The molecule has 0 aliphatic carbocycles. The van der Waals surface area contributed by atoms with Gasteiger partial charge >= 0.3 is 0 Å². The van der Waals surface area contributed by atoms with Gasteiger partial charge in [0, 0.05) is 12.1 Å². The van der Waals surface area contributed by atoms with Crippen molar-refractivity contribution in [2.24, 2.45) is 11.5 Å². The van der Waals surface area contributed by atoms with E-state index in [1.165, 1.54) is 0 Å². The van der Waals surface area contributed by atoms with Crippen LogP contribution in [0.3, 0.4) is 0 Å². The van der Waals surface area contributed by atoms with Crippen LogP contribution < -0.4 is 11.5 Å². The van der Waals surface area contributed by atoms with Crippen molar-refractivity contribution in [3.63, 3.8) is 0 Å². The predicted octanol–water partition coefficient (Wildman–Crippen LogP) is 1.69. The third-order valence-corrected chi connectivity index (χ3v) is 1.64. The van der Waals surface area contributed by atoms with E-state index in [0.717, 1.165) is 19.3 Å². The largest absolute Gasteiger partial charge is 0.326 e. The fourth-order valence-electron chi connectivity index (χ4n) is 0.850. The van der Waals surface area contributed by atoms with Gasteiger partial charge in [0.1, 0.15) is 0 Å². The zero-order valence-corrected chi connectivity index (χ0v) is 8.88. The highest BCUT2D eigenvalue weighted by molar-refractivity contribution is 5.85. The van der Waals surface area contributed by atoms with Crippen molar-refractivity contribution < 1.29 is 0 Å². The van der Waals surface area contributed by atoms with Gasteiger partial charge in [-0.2, -0.15) is 0 Å². The predicted molar refractivity (Wildman–Crippen MR) is 55.6 cm³/mol. The highest BCUT2D eigenvalue weighted by Gasteiger charge is 2.08. The van der Waals surface area contributed by atoms with Crippen molar-refractivity contribution in [1.29, 1.82) is 0 Å². The topological polar surface area (TPSA) is 52.0 Å². The summed E-state index contributed by atoms with van der Waals surface area (Å²) in [6.07, 6.45) is 3.17. The molecule has 0 heterocycles. The Morgan fingerprint density at radius 3 is 1.73 bits per heavy atom. The van der Waals surface area contributed by atoms with Gasteiger partial charge in [0.05, 0.1) is 0 Å². The summed E-state index contributed by atoms with van der Waals surface area (Å²) in [6, 6.07) is 0.407. The van der Waals surface area contributed by atoms with Crippen LogP contribution in [0.4, 0.5) is 0 Å². The van der Waals surface area contributed by atoms with Crippen molar-refractivity contribution in [2.75, 3.05) is 0 Å². The first kappa shape index (κ1) is 17.5. The van der Waals surface area contributed by atoms with Crippen LogP contribution in [0, 0.1) is 0 Å². The van der Waals surface area contributed by atoms with Crippen molar-refractivity contribution in [1.82, 2.24) is 0 Å². The Labute approximate surface area is 81.9 Å². The molecule has 0 amide bonds. The normalized spacial score (nSPS) is 14.2. The fourth-order valence-corrected chi connectivity index (χ4v) is 0.850. The summed E-state index contributed by atoms with van der Waals surface area (Å²) >= 11 is 0. The van der Waals surface area contributed by atoms with E-state index in [1.807, 2.05) is 0 Å². The summed E-state index contributed by atoms with van der Waals surface area (Å²) in [5.74, 6) is 0. The van der Waals surface area contributed by atoms with Gasteiger partial charge in [0.2, 0.25) is 0 Å². The Balaban J connectivity index is -0.000000320. The number of rotatable bonds is 4. The molecule has 0 aromatic carbocycles. The molecule has 2 nitrogen and oxygen atoms in total. The van der Waals surface area contributed by atoms with E-state index in [0.29, 0.717) is 0 Å². The molecule has 0 spiro atoms. The molecule has 4 N–H and O–H groups in total. The highest BCUT2D eigenvalue weighted by Crippen LogP contribution is 1.99. The lowest BCUT2D eigenvalue weighted by atomic mass is 10.0.